The zero-order valence-electron chi connectivity index (χ0n) is 13.7. The molecule has 7 heteroatoms. The number of aromatic amines is 1. The number of H-pyrrole nitrogens is 1. The van der Waals surface area contributed by atoms with Gasteiger partial charge in [-0.3, -0.25) is 0 Å². The van der Waals surface area contributed by atoms with E-state index in [1.807, 2.05) is 56.3 Å². The largest absolute Gasteiger partial charge is 0.309 e. The van der Waals surface area contributed by atoms with Crippen LogP contribution in [0.2, 0.25) is 5.02 Å². The number of nitrogens with one attached hydrogen (secondary N) is 2. The van der Waals surface area contributed by atoms with Crippen molar-refractivity contribution in [1.82, 2.24) is 25.1 Å². The second kappa shape index (κ2) is 6.14. The molecule has 25 heavy (non-hydrogen) atoms. The Morgan fingerprint density at radius 3 is 2.48 bits per heavy atom. The highest BCUT2D eigenvalue weighted by molar-refractivity contribution is 6.30. The number of aromatic nitrogens is 5. The van der Waals surface area contributed by atoms with Crippen LogP contribution in [0.25, 0.3) is 22.3 Å². The Morgan fingerprint density at radius 1 is 0.960 bits per heavy atom. The molecular formula is C18H15ClN6. The Bertz CT molecular complexity index is 1060. The summed E-state index contributed by atoms with van der Waals surface area (Å²) >= 11 is 5.98. The summed E-state index contributed by atoms with van der Waals surface area (Å²) in [4.78, 5) is 13.7. The number of anilines is 2. The highest BCUT2D eigenvalue weighted by Gasteiger charge is 2.11. The van der Waals surface area contributed by atoms with Crippen molar-refractivity contribution in [2.75, 3.05) is 5.32 Å². The highest BCUT2D eigenvalue weighted by atomic mass is 35.5. The van der Waals surface area contributed by atoms with Gasteiger partial charge in [-0.2, -0.15) is 10.1 Å². The molecule has 6 nitrogen and oxygen atoms in total. The lowest BCUT2D eigenvalue weighted by Gasteiger charge is -2.10. The molecule has 0 fully saturated rings. The van der Waals surface area contributed by atoms with E-state index in [1.165, 1.54) is 0 Å². The van der Waals surface area contributed by atoms with Crippen LogP contribution in [0.1, 0.15) is 11.4 Å². The van der Waals surface area contributed by atoms with Crippen LogP contribution < -0.4 is 5.32 Å². The van der Waals surface area contributed by atoms with E-state index < -0.39 is 0 Å². The van der Waals surface area contributed by atoms with Gasteiger partial charge < -0.3 is 5.32 Å². The molecule has 0 aliphatic carbocycles. The average Bonchev–Trinajstić information content (AvgIpc) is 3.00. The molecule has 0 aliphatic heterocycles. The fourth-order valence-corrected chi connectivity index (χ4v) is 2.70. The van der Waals surface area contributed by atoms with Crippen molar-refractivity contribution in [1.29, 1.82) is 0 Å². The van der Waals surface area contributed by atoms with Gasteiger partial charge in [0, 0.05) is 16.0 Å². The van der Waals surface area contributed by atoms with Gasteiger partial charge in [0.25, 0.3) is 0 Å². The van der Waals surface area contributed by atoms with Crippen LogP contribution in [-0.4, -0.2) is 25.1 Å². The number of hydrogen-bond acceptors (Lipinski definition) is 5. The standard InChI is InChI=1S/C18H15ClN6/c1-10-3-8-14-15(9-10)21-16(12-4-6-13(19)7-5-12)22-17(14)23-18-20-11(2)24-25-18/h3-9H,1-2H3,(H2,20,21,22,23,24,25). The van der Waals surface area contributed by atoms with Crippen LogP contribution in [0, 0.1) is 13.8 Å². The second-order valence-electron chi connectivity index (χ2n) is 5.78. The average molecular weight is 351 g/mol. The van der Waals surface area contributed by atoms with Gasteiger partial charge in [0.1, 0.15) is 11.6 Å². The van der Waals surface area contributed by atoms with Crippen LogP contribution >= 0.6 is 11.6 Å². The zero-order valence-corrected chi connectivity index (χ0v) is 14.5. The van der Waals surface area contributed by atoms with E-state index in [9.17, 15) is 0 Å². The van der Waals surface area contributed by atoms with Crippen LogP contribution in [-0.2, 0) is 0 Å². The van der Waals surface area contributed by atoms with Crippen LogP contribution in [0.4, 0.5) is 11.8 Å². The van der Waals surface area contributed by atoms with E-state index in [0.717, 1.165) is 22.0 Å². The number of benzene rings is 2. The Kier molecular flexibility index (Phi) is 3.82. The Labute approximate surface area is 149 Å². The number of halogens is 1. The summed E-state index contributed by atoms with van der Waals surface area (Å²) < 4.78 is 0. The topological polar surface area (TPSA) is 79.4 Å². The first-order valence-corrected chi connectivity index (χ1v) is 8.17. The predicted octanol–water partition coefficient (Wildman–Crippen LogP) is 4.43. The minimum absolute atomic E-state index is 0.542. The zero-order chi connectivity index (χ0) is 17.4. The predicted molar refractivity (Wildman–Crippen MR) is 99.1 cm³/mol. The molecule has 0 aliphatic rings. The third kappa shape index (κ3) is 3.16. The molecular weight excluding hydrogens is 336 g/mol. The van der Waals surface area contributed by atoms with E-state index in [2.05, 4.69) is 25.5 Å². The number of nitrogens with zero attached hydrogens (tertiary/aromatic N) is 4. The molecule has 2 N–H and O–H groups in total. The van der Waals surface area contributed by atoms with Crippen molar-refractivity contribution < 1.29 is 0 Å². The highest BCUT2D eigenvalue weighted by Crippen LogP contribution is 2.27. The molecule has 2 aromatic heterocycles. The van der Waals surface area contributed by atoms with Crippen molar-refractivity contribution in [3.63, 3.8) is 0 Å². The molecule has 0 saturated heterocycles. The van der Waals surface area contributed by atoms with Crippen molar-refractivity contribution >= 4 is 34.3 Å². The Morgan fingerprint density at radius 2 is 1.76 bits per heavy atom. The quantitative estimate of drug-likeness (QED) is 0.571. The molecule has 124 valence electrons. The van der Waals surface area contributed by atoms with Crippen molar-refractivity contribution in [3.8, 4) is 11.4 Å². The second-order valence-corrected chi connectivity index (χ2v) is 6.22. The Hall–Kier alpha value is -2.99. The normalized spacial score (nSPS) is 11.0. The maximum absolute atomic E-state index is 5.98. The van der Waals surface area contributed by atoms with Crippen LogP contribution in [0.15, 0.2) is 42.5 Å². The van der Waals surface area contributed by atoms with Gasteiger partial charge in [-0.25, -0.2) is 15.1 Å². The fourth-order valence-electron chi connectivity index (χ4n) is 2.58. The van der Waals surface area contributed by atoms with Gasteiger partial charge >= 0.3 is 0 Å². The molecule has 4 aromatic rings. The molecule has 2 aromatic carbocycles. The summed E-state index contributed by atoms with van der Waals surface area (Å²) in [5.74, 6) is 2.49. The summed E-state index contributed by atoms with van der Waals surface area (Å²) in [7, 11) is 0. The first kappa shape index (κ1) is 15.5. The molecule has 0 amide bonds. The van der Waals surface area contributed by atoms with E-state index in [1.54, 1.807) is 0 Å². The lowest BCUT2D eigenvalue weighted by Crippen LogP contribution is -2.01. The Balaban J connectivity index is 1.88. The smallest absolute Gasteiger partial charge is 0.224 e. The van der Waals surface area contributed by atoms with Crippen LogP contribution in [0.5, 0.6) is 0 Å². The van der Waals surface area contributed by atoms with Gasteiger partial charge in [-0.05, 0) is 55.8 Å². The van der Waals surface area contributed by atoms with E-state index >= 15 is 0 Å². The van der Waals surface area contributed by atoms with Crippen molar-refractivity contribution in [3.05, 3.63) is 58.9 Å². The van der Waals surface area contributed by atoms with E-state index in [0.29, 0.717) is 28.4 Å². The molecule has 4 rings (SSSR count). The van der Waals surface area contributed by atoms with Gasteiger partial charge in [0.2, 0.25) is 5.95 Å². The van der Waals surface area contributed by atoms with Crippen molar-refractivity contribution in [2.24, 2.45) is 0 Å². The molecule has 0 atom stereocenters. The SMILES string of the molecule is Cc1ccc2c(Nc3nc(C)n[nH]3)nc(-c3ccc(Cl)cc3)nc2c1. The maximum atomic E-state index is 5.98. The lowest BCUT2D eigenvalue weighted by molar-refractivity contribution is 1.04. The van der Waals surface area contributed by atoms with Gasteiger partial charge in [-0.15, -0.1) is 0 Å². The first-order valence-electron chi connectivity index (χ1n) is 7.79. The molecule has 2 heterocycles. The van der Waals surface area contributed by atoms with Gasteiger partial charge in [0.05, 0.1) is 5.52 Å². The van der Waals surface area contributed by atoms with E-state index in [-0.39, 0.29) is 0 Å². The molecule has 0 saturated carbocycles. The molecule has 0 radical (unpaired) electrons. The summed E-state index contributed by atoms with van der Waals surface area (Å²) in [6.07, 6.45) is 0. The maximum Gasteiger partial charge on any atom is 0.224 e. The van der Waals surface area contributed by atoms with Gasteiger partial charge in [-0.1, -0.05) is 17.7 Å². The summed E-state index contributed by atoms with van der Waals surface area (Å²) in [6, 6.07) is 13.5. The third-order valence-electron chi connectivity index (χ3n) is 3.79. The number of fused-ring (bicyclic) bond motifs is 1. The number of hydrogen-bond donors (Lipinski definition) is 2. The van der Waals surface area contributed by atoms with Crippen molar-refractivity contribution in [2.45, 2.75) is 13.8 Å². The monoisotopic (exact) mass is 350 g/mol. The van der Waals surface area contributed by atoms with Gasteiger partial charge in [0.15, 0.2) is 5.82 Å². The molecule has 0 unspecified atom stereocenters. The summed E-state index contributed by atoms with van der Waals surface area (Å²) in [6.45, 7) is 3.86. The lowest BCUT2D eigenvalue weighted by atomic mass is 10.1. The molecule has 0 bridgehead atoms. The number of aryl methyl sites for hydroxylation is 2. The summed E-state index contributed by atoms with van der Waals surface area (Å²) in [5, 5.41) is 11.7. The van der Waals surface area contributed by atoms with E-state index in [4.69, 9.17) is 16.6 Å². The molecule has 0 spiro atoms. The third-order valence-corrected chi connectivity index (χ3v) is 4.04. The minimum Gasteiger partial charge on any atom is -0.309 e. The first-order chi connectivity index (χ1) is 12.1. The van der Waals surface area contributed by atoms with Crippen LogP contribution in [0.3, 0.4) is 0 Å². The number of rotatable bonds is 3. The minimum atomic E-state index is 0.542. The fraction of sp³-hybridized carbons (Fsp3) is 0.111. The summed E-state index contributed by atoms with van der Waals surface area (Å²) in [5.41, 5.74) is 2.89.